The first-order chi connectivity index (χ1) is 18.2. The number of rotatable bonds is 5. The molecule has 3 saturated heterocycles. The summed E-state index contributed by atoms with van der Waals surface area (Å²) < 4.78 is 1.65. The summed E-state index contributed by atoms with van der Waals surface area (Å²) in [6.45, 7) is 7.28. The van der Waals surface area contributed by atoms with Gasteiger partial charge in [-0.3, -0.25) is 14.3 Å². The second kappa shape index (κ2) is 10.6. The molecule has 1 atom stereocenters. The van der Waals surface area contributed by atoms with Crippen molar-refractivity contribution < 1.29 is 0 Å². The Morgan fingerprint density at radius 3 is 2.35 bits per heavy atom. The summed E-state index contributed by atoms with van der Waals surface area (Å²) in [6.07, 6.45) is 8.74. The number of pyridine rings is 1. The summed E-state index contributed by atoms with van der Waals surface area (Å²) in [4.78, 5) is 29.2. The number of likely N-dealkylation sites (tertiary alicyclic amines) is 1. The van der Waals surface area contributed by atoms with Crippen molar-refractivity contribution in [2.24, 2.45) is 7.05 Å². The summed E-state index contributed by atoms with van der Waals surface area (Å²) in [5, 5.41) is 3.67. The van der Waals surface area contributed by atoms with E-state index in [1.54, 1.807) is 30.1 Å². The Hall–Kier alpha value is -3.23. The van der Waals surface area contributed by atoms with Crippen molar-refractivity contribution in [2.45, 2.75) is 37.8 Å². The molecule has 0 radical (unpaired) electrons. The second-order valence-corrected chi connectivity index (χ2v) is 10.6. The van der Waals surface area contributed by atoms with Crippen LogP contribution in [0.1, 0.15) is 37.3 Å². The number of nitrogens with zero attached hydrogens (tertiary/aromatic N) is 6. The highest BCUT2D eigenvalue weighted by Crippen LogP contribution is 2.28. The lowest BCUT2D eigenvalue weighted by Crippen LogP contribution is -2.47. The number of piperidine rings is 1. The number of hydrogen-bond acceptors (Lipinski definition) is 7. The molecule has 0 aliphatic carbocycles. The molecule has 3 aliphatic rings. The zero-order chi connectivity index (χ0) is 25.2. The summed E-state index contributed by atoms with van der Waals surface area (Å²) in [5.74, 6) is 0.711. The van der Waals surface area contributed by atoms with Crippen LogP contribution in [0.2, 0.25) is 0 Å². The lowest BCUT2D eigenvalue weighted by molar-refractivity contribution is 0.208. The first-order valence-electron chi connectivity index (χ1n) is 13.7. The Morgan fingerprint density at radius 2 is 1.62 bits per heavy atom. The molecule has 8 nitrogen and oxygen atoms in total. The van der Waals surface area contributed by atoms with Gasteiger partial charge in [0.05, 0.1) is 5.69 Å². The van der Waals surface area contributed by atoms with Crippen LogP contribution >= 0.6 is 0 Å². The molecular formula is C29H37N7O. The lowest BCUT2D eigenvalue weighted by Gasteiger charge is -2.38. The van der Waals surface area contributed by atoms with Crippen LogP contribution in [0.4, 0.5) is 11.6 Å². The van der Waals surface area contributed by atoms with Gasteiger partial charge in [-0.25, -0.2) is 4.98 Å². The predicted molar refractivity (Wildman–Crippen MR) is 148 cm³/mol. The van der Waals surface area contributed by atoms with Gasteiger partial charge in [-0.15, -0.1) is 0 Å². The maximum Gasteiger partial charge on any atom is 0.255 e. The van der Waals surface area contributed by atoms with E-state index in [4.69, 9.17) is 4.98 Å². The maximum absolute atomic E-state index is 12.8. The SMILES string of the molecule is Cn1c(N2CCN[C@@H](c3ccc(N4CCC(N5CCCC5)CC4)cc3)C2)nc(-c2ccncc2)cc1=O. The minimum atomic E-state index is -0.0512. The monoisotopic (exact) mass is 499 g/mol. The van der Waals surface area contributed by atoms with Gasteiger partial charge in [0.25, 0.3) is 5.56 Å². The summed E-state index contributed by atoms with van der Waals surface area (Å²) >= 11 is 0. The molecule has 5 heterocycles. The summed E-state index contributed by atoms with van der Waals surface area (Å²) in [6, 6.07) is 15.4. The van der Waals surface area contributed by atoms with Crippen LogP contribution in [0, 0.1) is 0 Å². The molecule has 3 aromatic rings. The fourth-order valence-electron chi connectivity index (χ4n) is 6.15. The van der Waals surface area contributed by atoms with Crippen molar-refractivity contribution >= 4 is 11.6 Å². The van der Waals surface area contributed by atoms with E-state index in [2.05, 4.69) is 49.3 Å². The predicted octanol–water partition coefficient (Wildman–Crippen LogP) is 3.06. The van der Waals surface area contributed by atoms with Crippen LogP contribution in [-0.2, 0) is 7.05 Å². The molecule has 1 aromatic carbocycles. The molecule has 0 unspecified atom stereocenters. The number of anilines is 2. The number of hydrogen-bond donors (Lipinski definition) is 1. The smallest absolute Gasteiger partial charge is 0.255 e. The van der Waals surface area contributed by atoms with E-state index < -0.39 is 0 Å². The molecule has 0 bridgehead atoms. The molecule has 0 saturated carbocycles. The molecule has 3 aliphatic heterocycles. The van der Waals surface area contributed by atoms with Crippen molar-refractivity contribution in [3.05, 3.63) is 70.8 Å². The summed E-state index contributed by atoms with van der Waals surface area (Å²) in [5.41, 5.74) is 4.14. The molecule has 37 heavy (non-hydrogen) atoms. The van der Waals surface area contributed by atoms with Gasteiger partial charge in [0, 0.05) is 81.6 Å². The quantitative estimate of drug-likeness (QED) is 0.579. The van der Waals surface area contributed by atoms with Gasteiger partial charge in [-0.1, -0.05) is 12.1 Å². The second-order valence-electron chi connectivity index (χ2n) is 10.6. The molecule has 0 spiro atoms. The third-order valence-electron chi connectivity index (χ3n) is 8.33. The van der Waals surface area contributed by atoms with Crippen molar-refractivity contribution in [1.82, 2.24) is 24.8 Å². The Balaban J connectivity index is 1.14. The highest BCUT2D eigenvalue weighted by Gasteiger charge is 2.27. The zero-order valence-corrected chi connectivity index (χ0v) is 21.7. The number of nitrogens with one attached hydrogen (secondary N) is 1. The number of benzene rings is 1. The first kappa shape index (κ1) is 24.1. The molecule has 1 N–H and O–H groups in total. The van der Waals surface area contributed by atoms with Crippen molar-refractivity contribution in [3.8, 4) is 11.3 Å². The van der Waals surface area contributed by atoms with Gasteiger partial charge in [0.2, 0.25) is 5.95 Å². The van der Waals surface area contributed by atoms with E-state index in [0.29, 0.717) is 11.6 Å². The molecule has 6 rings (SSSR count). The maximum atomic E-state index is 12.8. The van der Waals surface area contributed by atoms with Gasteiger partial charge in [-0.05, 0) is 68.6 Å². The Labute approximate surface area is 218 Å². The highest BCUT2D eigenvalue weighted by atomic mass is 16.1. The fourth-order valence-corrected chi connectivity index (χ4v) is 6.15. The molecule has 3 fully saturated rings. The van der Waals surface area contributed by atoms with Gasteiger partial charge in [0.15, 0.2) is 0 Å². The van der Waals surface area contributed by atoms with E-state index in [0.717, 1.165) is 44.3 Å². The van der Waals surface area contributed by atoms with Crippen LogP contribution in [0.5, 0.6) is 0 Å². The molecular weight excluding hydrogens is 462 g/mol. The van der Waals surface area contributed by atoms with Crippen LogP contribution in [-0.4, -0.2) is 71.3 Å². The molecule has 194 valence electrons. The fraction of sp³-hybridized carbons (Fsp3) is 0.483. The first-order valence-corrected chi connectivity index (χ1v) is 13.7. The number of piperazine rings is 1. The van der Waals surface area contributed by atoms with Crippen molar-refractivity contribution in [3.63, 3.8) is 0 Å². The highest BCUT2D eigenvalue weighted by molar-refractivity contribution is 5.59. The Kier molecular flexibility index (Phi) is 6.93. The van der Waals surface area contributed by atoms with Crippen LogP contribution in [0.3, 0.4) is 0 Å². The van der Waals surface area contributed by atoms with E-state index >= 15 is 0 Å². The topological polar surface area (TPSA) is 69.5 Å². The van der Waals surface area contributed by atoms with Crippen LogP contribution in [0.15, 0.2) is 59.7 Å². The van der Waals surface area contributed by atoms with Crippen molar-refractivity contribution in [2.75, 3.05) is 55.6 Å². The van der Waals surface area contributed by atoms with E-state index in [9.17, 15) is 4.79 Å². The zero-order valence-electron chi connectivity index (χ0n) is 21.7. The Bertz CT molecular complexity index is 1250. The number of aromatic nitrogens is 3. The van der Waals surface area contributed by atoms with Gasteiger partial charge < -0.3 is 20.0 Å². The minimum absolute atomic E-state index is 0.0512. The lowest BCUT2D eigenvalue weighted by atomic mass is 10.0. The van der Waals surface area contributed by atoms with Gasteiger partial charge in [-0.2, -0.15) is 0 Å². The van der Waals surface area contributed by atoms with E-state index in [1.165, 1.54) is 50.0 Å². The average Bonchev–Trinajstić information content (AvgIpc) is 3.50. The van der Waals surface area contributed by atoms with Crippen LogP contribution < -0.4 is 20.7 Å². The molecule has 0 amide bonds. The normalized spacial score (nSPS) is 21.5. The standard InChI is InChI=1S/C29H37N7O/c1-33-28(37)20-26(23-8-12-30-13-9-23)32-29(33)36-19-14-31-27(21-36)22-4-6-24(7-5-22)35-17-10-25(11-18-35)34-15-2-3-16-34/h4-9,12-13,20,25,27,31H,2-3,10-11,14-19,21H2,1H3/t27-/m1/s1. The molecule has 8 heteroatoms. The largest absolute Gasteiger partial charge is 0.371 e. The Morgan fingerprint density at radius 1 is 0.892 bits per heavy atom. The summed E-state index contributed by atoms with van der Waals surface area (Å²) in [7, 11) is 1.81. The molecule has 2 aromatic heterocycles. The minimum Gasteiger partial charge on any atom is -0.371 e. The van der Waals surface area contributed by atoms with E-state index in [-0.39, 0.29) is 11.6 Å². The van der Waals surface area contributed by atoms with Gasteiger partial charge in [0.1, 0.15) is 0 Å². The third kappa shape index (κ3) is 5.13. The average molecular weight is 500 g/mol. The van der Waals surface area contributed by atoms with Crippen molar-refractivity contribution in [1.29, 1.82) is 0 Å². The van der Waals surface area contributed by atoms with Crippen LogP contribution in [0.25, 0.3) is 11.3 Å². The van der Waals surface area contributed by atoms with E-state index in [1.807, 2.05) is 12.1 Å². The van der Waals surface area contributed by atoms with Gasteiger partial charge >= 0.3 is 0 Å². The third-order valence-corrected chi connectivity index (χ3v) is 8.33.